The van der Waals surface area contributed by atoms with Crippen molar-refractivity contribution in [3.8, 4) is 0 Å². The minimum atomic E-state index is -0.595. The molecule has 52 valence electrons. The molecule has 0 aliphatic rings. The van der Waals surface area contributed by atoms with Gasteiger partial charge in [0.25, 0.3) is 5.91 Å². The molecule has 0 saturated carbocycles. The summed E-state index contributed by atoms with van der Waals surface area (Å²) in [4.78, 5) is 10.2. The van der Waals surface area contributed by atoms with Gasteiger partial charge in [0.2, 0.25) is 0 Å². The highest BCUT2D eigenvalue weighted by molar-refractivity contribution is 7.80. The Morgan fingerprint density at radius 1 is 1.78 bits per heavy atom. The molecule has 0 atom stereocenters. The van der Waals surface area contributed by atoms with Crippen LogP contribution in [0.25, 0.3) is 0 Å². The topological polar surface area (TPSA) is 87.4 Å². The molecule has 0 heterocycles. The Balaban J connectivity index is 3.47. The summed E-state index contributed by atoms with van der Waals surface area (Å²) >= 11 is 4.42. The van der Waals surface area contributed by atoms with Gasteiger partial charge < -0.3 is 15.8 Å². The largest absolute Gasteiger partial charge is 0.387 e. The molecular weight excluding hydrogens is 142 g/mol. The first-order valence-corrected chi connectivity index (χ1v) is 2.52. The molecule has 0 rings (SSSR count). The van der Waals surface area contributed by atoms with Gasteiger partial charge in [0.05, 0.1) is 0 Å². The van der Waals surface area contributed by atoms with Crippen LogP contribution in [0.2, 0.25) is 0 Å². The average Bonchev–Trinajstić information content (AvgIpc) is 1.87. The zero-order valence-electron chi connectivity index (χ0n) is 4.55. The van der Waals surface area contributed by atoms with Gasteiger partial charge in [-0.2, -0.15) is 0 Å². The first-order valence-electron chi connectivity index (χ1n) is 2.12. The van der Waals surface area contributed by atoms with Crippen LogP contribution in [0.4, 0.5) is 0 Å². The number of amides is 1. The number of thiocarbonyl (C=S) groups is 1. The fourth-order valence-corrected chi connectivity index (χ4v) is 0.316. The molecule has 0 aliphatic heterocycles. The zero-order valence-corrected chi connectivity index (χ0v) is 5.36. The number of hydrogen-bond donors (Lipinski definition) is 4. The van der Waals surface area contributed by atoms with Crippen molar-refractivity contribution in [3.05, 3.63) is 0 Å². The van der Waals surface area contributed by atoms with Crippen molar-refractivity contribution in [1.29, 1.82) is 0 Å². The van der Waals surface area contributed by atoms with Crippen LogP contribution in [0, 0.1) is 0 Å². The van der Waals surface area contributed by atoms with Crippen LogP contribution in [-0.2, 0) is 4.79 Å². The van der Waals surface area contributed by atoms with Gasteiger partial charge in [-0.25, -0.2) is 5.84 Å². The number of hydrogen-bond acceptors (Lipinski definition) is 4. The first-order chi connectivity index (χ1) is 4.20. The summed E-state index contributed by atoms with van der Waals surface area (Å²) in [5.74, 6) is 4.20. The van der Waals surface area contributed by atoms with Gasteiger partial charge in [-0.15, -0.1) is 0 Å². The van der Waals surface area contributed by atoms with Crippen LogP contribution in [-0.4, -0.2) is 22.7 Å². The molecule has 0 spiro atoms. The predicted octanol–water partition coefficient (Wildman–Crippen LogP) is -2.16. The van der Waals surface area contributed by atoms with Crippen molar-refractivity contribution >= 4 is 23.2 Å². The number of aliphatic hydroxyl groups is 1. The summed E-state index contributed by atoms with van der Waals surface area (Å²) in [5, 5.41) is 10.2. The Morgan fingerprint density at radius 3 is 2.67 bits per heavy atom. The summed E-state index contributed by atoms with van der Waals surface area (Å²) in [5.41, 5.74) is 2.02. The lowest BCUT2D eigenvalue weighted by atomic mass is 10.6. The molecule has 0 aromatic heterocycles. The fraction of sp³-hybridized carbons (Fsp3) is 0.333. The maximum atomic E-state index is 10.2. The Bertz CT molecular complexity index is 112. The molecule has 5 nitrogen and oxygen atoms in total. The molecule has 0 bridgehead atoms. The monoisotopic (exact) mass is 149 g/mol. The van der Waals surface area contributed by atoms with E-state index in [0.717, 1.165) is 0 Å². The lowest BCUT2D eigenvalue weighted by Gasteiger charge is -2.01. The number of carbonyl (C=O) groups excluding carboxylic acids is 1. The fourth-order valence-electron chi connectivity index (χ4n) is 0.202. The molecule has 0 aliphatic carbocycles. The highest BCUT2D eigenvalue weighted by Gasteiger charge is 1.98. The van der Waals surface area contributed by atoms with Gasteiger partial charge in [-0.1, -0.05) is 0 Å². The van der Waals surface area contributed by atoms with Crippen molar-refractivity contribution in [3.63, 3.8) is 0 Å². The number of nitrogens with one attached hydrogen (secondary N) is 2. The number of rotatable bonds is 1. The van der Waals surface area contributed by atoms with Crippen LogP contribution >= 0.6 is 12.2 Å². The van der Waals surface area contributed by atoms with Crippen molar-refractivity contribution in [2.75, 3.05) is 6.61 Å². The summed E-state index contributed by atoms with van der Waals surface area (Å²) in [6, 6.07) is 0. The van der Waals surface area contributed by atoms with Crippen LogP contribution in [0.15, 0.2) is 0 Å². The molecule has 9 heavy (non-hydrogen) atoms. The van der Waals surface area contributed by atoms with Crippen LogP contribution in [0.3, 0.4) is 0 Å². The third-order valence-electron chi connectivity index (χ3n) is 0.528. The van der Waals surface area contributed by atoms with Gasteiger partial charge in [-0.3, -0.25) is 4.79 Å². The number of carbonyl (C=O) groups is 1. The molecule has 0 aromatic rings. The minimum Gasteiger partial charge on any atom is -0.387 e. The number of nitrogens with two attached hydrogens (primary N) is 1. The lowest BCUT2D eigenvalue weighted by Crippen LogP contribution is -2.43. The molecule has 0 unspecified atom stereocenters. The van der Waals surface area contributed by atoms with E-state index in [2.05, 4.69) is 17.5 Å². The van der Waals surface area contributed by atoms with E-state index in [1.165, 1.54) is 0 Å². The highest BCUT2D eigenvalue weighted by Crippen LogP contribution is 1.62. The lowest BCUT2D eigenvalue weighted by molar-refractivity contribution is -0.122. The minimum absolute atomic E-state index is 0.00551. The smallest absolute Gasteiger partial charge is 0.251 e. The Labute approximate surface area is 57.2 Å². The quantitative estimate of drug-likeness (QED) is 0.194. The van der Waals surface area contributed by atoms with Gasteiger partial charge in [-0.05, 0) is 12.2 Å². The highest BCUT2D eigenvalue weighted by atomic mass is 32.1. The van der Waals surface area contributed by atoms with E-state index in [-0.39, 0.29) is 5.11 Å². The maximum absolute atomic E-state index is 10.2. The van der Waals surface area contributed by atoms with Crippen LogP contribution in [0.5, 0.6) is 0 Å². The Kier molecular flexibility index (Phi) is 3.85. The van der Waals surface area contributed by atoms with Crippen molar-refractivity contribution < 1.29 is 9.90 Å². The normalized spacial score (nSPS) is 8.22. The van der Waals surface area contributed by atoms with E-state index >= 15 is 0 Å². The summed E-state index contributed by atoms with van der Waals surface area (Å²) in [6.45, 7) is -0.595. The van der Waals surface area contributed by atoms with Crippen molar-refractivity contribution in [2.45, 2.75) is 0 Å². The summed E-state index contributed by atoms with van der Waals surface area (Å²) in [7, 11) is 0. The molecule has 0 aromatic carbocycles. The van der Waals surface area contributed by atoms with Gasteiger partial charge in [0.15, 0.2) is 5.11 Å². The standard InChI is InChI=1S/C3H7N3O2S/c4-6-3(9)5-2(8)1-7/h7H,1,4H2,(H2,5,6,8,9). The average molecular weight is 149 g/mol. The zero-order chi connectivity index (χ0) is 7.28. The maximum Gasteiger partial charge on any atom is 0.251 e. The summed E-state index contributed by atoms with van der Waals surface area (Å²) in [6.07, 6.45) is 0. The number of hydrazine groups is 1. The third-order valence-corrected chi connectivity index (χ3v) is 0.748. The Morgan fingerprint density at radius 2 is 2.33 bits per heavy atom. The van der Waals surface area contributed by atoms with E-state index in [1.54, 1.807) is 0 Å². The van der Waals surface area contributed by atoms with E-state index in [0.29, 0.717) is 0 Å². The van der Waals surface area contributed by atoms with Gasteiger partial charge in [0, 0.05) is 0 Å². The molecule has 0 radical (unpaired) electrons. The molecule has 1 amide bonds. The van der Waals surface area contributed by atoms with Gasteiger partial charge >= 0.3 is 0 Å². The molecule has 0 saturated heterocycles. The van der Waals surface area contributed by atoms with Gasteiger partial charge in [0.1, 0.15) is 6.61 Å². The van der Waals surface area contributed by atoms with Crippen LogP contribution in [0.1, 0.15) is 0 Å². The van der Waals surface area contributed by atoms with E-state index < -0.39 is 12.5 Å². The third kappa shape index (κ3) is 3.83. The SMILES string of the molecule is NNC(=S)NC(=O)CO. The molecule has 5 N–H and O–H groups in total. The predicted molar refractivity (Wildman–Crippen MR) is 35.1 cm³/mol. The second kappa shape index (κ2) is 4.19. The molecule has 0 fully saturated rings. The van der Waals surface area contributed by atoms with Crippen molar-refractivity contribution in [1.82, 2.24) is 10.7 Å². The second-order valence-corrected chi connectivity index (χ2v) is 1.59. The van der Waals surface area contributed by atoms with E-state index in [1.807, 2.05) is 5.43 Å². The van der Waals surface area contributed by atoms with Crippen LogP contribution < -0.4 is 16.6 Å². The first kappa shape index (κ1) is 8.28. The second-order valence-electron chi connectivity index (χ2n) is 1.18. The molecular formula is C3H7N3O2S. The number of aliphatic hydroxyl groups excluding tert-OH is 1. The van der Waals surface area contributed by atoms with Crippen molar-refractivity contribution in [2.24, 2.45) is 5.84 Å². The summed E-state index contributed by atoms with van der Waals surface area (Å²) < 4.78 is 0. The Hall–Kier alpha value is -0.720. The molecule has 6 heteroatoms. The van der Waals surface area contributed by atoms with E-state index in [9.17, 15) is 4.79 Å². The van der Waals surface area contributed by atoms with E-state index in [4.69, 9.17) is 10.9 Å².